The van der Waals surface area contributed by atoms with Gasteiger partial charge in [0.2, 0.25) is 15.9 Å². The van der Waals surface area contributed by atoms with Crippen molar-refractivity contribution in [2.24, 2.45) is 0 Å². The second kappa shape index (κ2) is 11.5. The van der Waals surface area contributed by atoms with Crippen molar-refractivity contribution in [2.45, 2.75) is 58.1 Å². The van der Waals surface area contributed by atoms with E-state index < -0.39 is 45.8 Å². The molecule has 1 aromatic carbocycles. The summed E-state index contributed by atoms with van der Waals surface area (Å²) in [6.45, 7) is 8.16. The molecule has 0 saturated heterocycles. The maximum absolute atomic E-state index is 13.1. The summed E-state index contributed by atoms with van der Waals surface area (Å²) in [5.41, 5.74) is 0.275. The van der Waals surface area contributed by atoms with Crippen LogP contribution in [-0.4, -0.2) is 45.0 Å². The van der Waals surface area contributed by atoms with E-state index in [1.165, 1.54) is 6.92 Å². The number of sulfonamides is 1. The van der Waals surface area contributed by atoms with Crippen LogP contribution in [0.4, 0.5) is 9.39 Å². The number of carbonyl (C=O) groups excluding carboxylic acids is 3. The highest BCUT2D eigenvalue weighted by molar-refractivity contribution is 7.89. The van der Waals surface area contributed by atoms with E-state index in [1.807, 2.05) is 0 Å². The number of esters is 2. The summed E-state index contributed by atoms with van der Waals surface area (Å²) in [7, 11) is -4.13. The summed E-state index contributed by atoms with van der Waals surface area (Å²) in [4.78, 5) is 37.9. The molecule has 9 nitrogen and oxygen atoms in total. The van der Waals surface area contributed by atoms with Crippen molar-refractivity contribution in [1.29, 1.82) is 0 Å². The Morgan fingerprint density at radius 2 is 1.71 bits per heavy atom. The topological polar surface area (TPSA) is 128 Å². The third-order valence-electron chi connectivity index (χ3n) is 4.54. The Hall–Kier alpha value is -2.83. The molecule has 2 N–H and O–H groups in total. The highest BCUT2D eigenvalue weighted by Crippen LogP contribution is 2.34. The van der Waals surface area contributed by atoms with Gasteiger partial charge >= 0.3 is 11.9 Å². The first-order valence-electron chi connectivity index (χ1n) is 10.5. The number of amides is 1. The molecule has 1 heterocycles. The maximum atomic E-state index is 13.1. The smallest absolute Gasteiger partial charge is 0.348 e. The molecule has 0 aliphatic heterocycles. The summed E-state index contributed by atoms with van der Waals surface area (Å²) in [6.07, 6.45) is -0.323. The van der Waals surface area contributed by atoms with Gasteiger partial charge in [-0.1, -0.05) is 6.92 Å². The van der Waals surface area contributed by atoms with Gasteiger partial charge in [0.1, 0.15) is 21.7 Å². The lowest BCUT2D eigenvalue weighted by Gasteiger charge is -2.17. The molecule has 186 valence electrons. The number of carbonyl (C=O) groups is 3. The van der Waals surface area contributed by atoms with E-state index in [0.717, 1.165) is 35.6 Å². The summed E-state index contributed by atoms with van der Waals surface area (Å²) >= 11 is 0.836. The number of rotatable bonds is 10. The van der Waals surface area contributed by atoms with E-state index in [4.69, 9.17) is 9.47 Å². The minimum absolute atomic E-state index is 0.00727. The molecule has 0 fully saturated rings. The Morgan fingerprint density at radius 1 is 1.09 bits per heavy atom. The van der Waals surface area contributed by atoms with Crippen LogP contribution < -0.4 is 10.0 Å². The molecule has 1 unspecified atom stereocenters. The number of nitrogens with one attached hydrogen (secondary N) is 2. The molecule has 12 heteroatoms. The minimum Gasteiger partial charge on any atom is -0.462 e. The first-order chi connectivity index (χ1) is 15.9. The fourth-order valence-corrected chi connectivity index (χ4v) is 5.26. The molecule has 2 aromatic rings. The number of hydrogen-bond donors (Lipinski definition) is 2. The van der Waals surface area contributed by atoms with Crippen LogP contribution in [0.25, 0.3) is 0 Å². The molecule has 0 aliphatic rings. The lowest BCUT2D eigenvalue weighted by Crippen LogP contribution is -2.43. The average molecular weight is 515 g/mol. The number of hydrogen-bond acceptors (Lipinski definition) is 8. The van der Waals surface area contributed by atoms with Gasteiger partial charge in [0.15, 0.2) is 0 Å². The van der Waals surface area contributed by atoms with E-state index in [2.05, 4.69) is 10.0 Å². The fourth-order valence-electron chi connectivity index (χ4n) is 2.90. The van der Waals surface area contributed by atoms with Gasteiger partial charge in [-0.2, -0.15) is 4.72 Å². The molecule has 0 spiro atoms. The highest BCUT2D eigenvalue weighted by Gasteiger charge is 2.30. The van der Waals surface area contributed by atoms with Crippen LogP contribution in [0.15, 0.2) is 29.2 Å². The Labute approximate surface area is 201 Å². The van der Waals surface area contributed by atoms with Crippen molar-refractivity contribution in [3.05, 3.63) is 46.1 Å². The first-order valence-corrected chi connectivity index (χ1v) is 12.8. The predicted molar refractivity (Wildman–Crippen MR) is 125 cm³/mol. The quantitative estimate of drug-likeness (QED) is 0.463. The van der Waals surface area contributed by atoms with E-state index in [-0.39, 0.29) is 38.9 Å². The van der Waals surface area contributed by atoms with E-state index >= 15 is 0 Å². The number of thiophene rings is 1. The number of benzene rings is 1. The second-order valence-electron chi connectivity index (χ2n) is 7.46. The summed E-state index contributed by atoms with van der Waals surface area (Å²) in [5, 5.41) is 2.58. The highest BCUT2D eigenvalue weighted by atomic mass is 32.2. The molecular weight excluding hydrogens is 487 g/mol. The average Bonchev–Trinajstić information content (AvgIpc) is 3.07. The fraction of sp³-hybridized carbons (Fsp3) is 0.409. The summed E-state index contributed by atoms with van der Waals surface area (Å²) in [6, 6.07) is 2.94. The Kier molecular flexibility index (Phi) is 9.30. The van der Waals surface area contributed by atoms with Gasteiger partial charge in [-0.05, 0) is 63.9 Å². The molecule has 1 atom stereocenters. The van der Waals surface area contributed by atoms with Gasteiger partial charge in [0.25, 0.3) is 0 Å². The van der Waals surface area contributed by atoms with Crippen molar-refractivity contribution in [2.75, 3.05) is 11.9 Å². The van der Waals surface area contributed by atoms with Gasteiger partial charge < -0.3 is 14.8 Å². The van der Waals surface area contributed by atoms with Gasteiger partial charge in [0.05, 0.1) is 23.2 Å². The van der Waals surface area contributed by atoms with Crippen LogP contribution in [0.5, 0.6) is 0 Å². The Balaban J connectivity index is 2.35. The van der Waals surface area contributed by atoms with Crippen molar-refractivity contribution in [3.63, 3.8) is 0 Å². The van der Waals surface area contributed by atoms with Crippen molar-refractivity contribution < 1.29 is 36.7 Å². The predicted octanol–water partition coefficient (Wildman–Crippen LogP) is 3.63. The number of ether oxygens (including phenoxy) is 2. The third-order valence-corrected chi connectivity index (χ3v) is 7.21. The van der Waals surface area contributed by atoms with Crippen LogP contribution in [-0.2, 0) is 24.3 Å². The van der Waals surface area contributed by atoms with E-state index in [0.29, 0.717) is 0 Å². The molecule has 0 radical (unpaired) electrons. The van der Waals surface area contributed by atoms with Crippen LogP contribution in [0.2, 0.25) is 0 Å². The minimum atomic E-state index is -4.13. The van der Waals surface area contributed by atoms with Crippen molar-refractivity contribution in [1.82, 2.24) is 4.72 Å². The zero-order valence-corrected chi connectivity index (χ0v) is 21.1. The summed E-state index contributed by atoms with van der Waals surface area (Å²) < 4.78 is 51.0. The second-order valence-corrected chi connectivity index (χ2v) is 10.2. The van der Waals surface area contributed by atoms with Gasteiger partial charge in [-0.25, -0.2) is 22.4 Å². The zero-order chi connectivity index (χ0) is 25.6. The van der Waals surface area contributed by atoms with Crippen molar-refractivity contribution in [3.8, 4) is 0 Å². The monoisotopic (exact) mass is 514 g/mol. The zero-order valence-electron chi connectivity index (χ0n) is 19.4. The SMILES string of the molecule is CCOC(=O)c1c(NC(=O)C(CC)NS(=O)(=O)c2ccc(F)cc2)sc(C(=O)OC(C)C)c1C. The van der Waals surface area contributed by atoms with Crippen LogP contribution >= 0.6 is 11.3 Å². The largest absolute Gasteiger partial charge is 0.462 e. The molecule has 2 rings (SSSR count). The van der Waals surface area contributed by atoms with Gasteiger partial charge in [0, 0.05) is 0 Å². The molecule has 1 amide bonds. The number of halogens is 1. The molecule has 34 heavy (non-hydrogen) atoms. The molecule has 0 saturated carbocycles. The standard InChI is InChI=1S/C22H27FN2O7S2/c1-6-16(25-34(29,30)15-10-8-14(23)9-11-15)19(26)24-20-17(21(27)31-7-2)13(5)18(33-20)22(28)32-12(3)4/h8-12,16,25H,6-7H2,1-5H3,(H,24,26). The van der Waals surface area contributed by atoms with E-state index in [9.17, 15) is 27.2 Å². The molecule has 0 aliphatic carbocycles. The van der Waals surface area contributed by atoms with Crippen LogP contribution in [0.1, 0.15) is 59.7 Å². The van der Waals surface area contributed by atoms with E-state index in [1.54, 1.807) is 27.7 Å². The lowest BCUT2D eigenvalue weighted by atomic mass is 10.1. The molecular formula is C22H27FN2O7S2. The van der Waals surface area contributed by atoms with Gasteiger partial charge in [-0.3, -0.25) is 4.79 Å². The lowest BCUT2D eigenvalue weighted by molar-refractivity contribution is -0.117. The van der Waals surface area contributed by atoms with Gasteiger partial charge in [-0.15, -0.1) is 11.3 Å². The Morgan fingerprint density at radius 3 is 2.24 bits per heavy atom. The Bertz CT molecular complexity index is 1160. The normalized spacial score (nSPS) is 12.3. The van der Waals surface area contributed by atoms with Crippen LogP contribution in [0.3, 0.4) is 0 Å². The van der Waals surface area contributed by atoms with Crippen LogP contribution in [0, 0.1) is 12.7 Å². The first kappa shape index (κ1) is 27.4. The molecule has 0 bridgehead atoms. The van der Waals surface area contributed by atoms with Crippen molar-refractivity contribution >= 4 is 44.2 Å². The third kappa shape index (κ3) is 6.61. The maximum Gasteiger partial charge on any atom is 0.348 e. The summed E-state index contributed by atoms with van der Waals surface area (Å²) in [5.74, 6) is -2.75. The number of anilines is 1. The molecule has 1 aromatic heterocycles.